The first-order valence-corrected chi connectivity index (χ1v) is 23.2. The number of carbonyl (C=O) groups excluding carboxylic acids is 10. The molecular formula is C41H74N20O11. The Hall–Kier alpha value is -7.57. The third kappa shape index (κ3) is 19.3. The minimum absolute atomic E-state index is 0.00715. The second-order valence-electron chi connectivity index (χ2n) is 17.6. The molecular weight excluding hydrogens is 949 g/mol. The molecule has 2 aliphatic rings. The summed E-state index contributed by atoms with van der Waals surface area (Å²) in [6, 6.07) is -9.68. The van der Waals surface area contributed by atoms with Crippen LogP contribution in [0.1, 0.15) is 66.2 Å². The zero-order chi connectivity index (χ0) is 54.6. The first-order chi connectivity index (χ1) is 33.7. The standard InChI is InChI=1S/C41H74N20O11/c1-5-17(2)29(32(44)66)59-33(67)18(3)55-36(70)24(12-25(43)63)58-34(68)23(9-7-11-52-40(47)48)57-38(72)31-28-20(14-54-41(49)50)21(28)16-61(31)27(65)15-53-37(71)30(19(4)62)60-35(69)22(56-26(64)13-42)8-6-10-51-39(45)46/h17-24,28-31,62H,5-16,42H2,1-4H3,(H2,43,63)(H2,44,66)(H,53,71)(H,55,70)(H,56,64)(H,57,72)(H,58,68)(H,59,67)(H,60,69)(H4,45,46,51)(H4,47,48,52)(H4,49,50,54)/t17-,18-,19+,20+,21+,22-,23-,24-,28-,29-,30-,31-/m0/s1. The number of guanidine groups is 3. The number of hydrogen-bond acceptors (Lipinski definition) is 15. The van der Waals surface area contributed by atoms with E-state index in [1.165, 1.54) is 18.7 Å². The zero-order valence-corrected chi connectivity index (χ0v) is 40.9. The Kier molecular flexibility index (Phi) is 24.3. The lowest BCUT2D eigenvalue weighted by atomic mass is 9.98. The number of amides is 10. The van der Waals surface area contributed by atoms with E-state index in [2.05, 4.69) is 52.2 Å². The van der Waals surface area contributed by atoms with Gasteiger partial charge in [-0.15, -0.1) is 0 Å². The predicted octanol–water partition coefficient (Wildman–Crippen LogP) is -9.77. The fourth-order valence-corrected chi connectivity index (χ4v) is 7.95. The summed E-state index contributed by atoms with van der Waals surface area (Å²) in [5, 5.41) is 27.6. The molecule has 1 heterocycles. The second kappa shape index (κ2) is 28.9. The summed E-state index contributed by atoms with van der Waals surface area (Å²) in [6.07, 6.45) is -1.65. The molecule has 0 aromatic carbocycles. The van der Waals surface area contributed by atoms with E-state index in [1.807, 2.05) is 0 Å². The van der Waals surface area contributed by atoms with Crippen LogP contribution in [0.3, 0.4) is 0 Å². The van der Waals surface area contributed by atoms with Crippen LogP contribution >= 0.6 is 0 Å². The molecule has 12 atom stereocenters. The lowest BCUT2D eigenvalue weighted by Gasteiger charge is -2.30. The minimum atomic E-state index is -1.68. The SMILES string of the molecule is CC[C@H](C)[C@H](NC(=O)[C@H](C)NC(=O)[C@H](CC(N)=O)NC(=O)[C@H](CCCN=C(N)N)NC(=O)[C@@H]1[C@H]2[C@H](CN=C(N)N)[C@H]2CN1C(=O)CNC(=O)[C@@H](NC(=O)[C@H](CCCN=C(N)N)NC(=O)CN)[C@@H](C)O)C(N)=O. The van der Waals surface area contributed by atoms with Crippen molar-refractivity contribution in [2.45, 2.75) is 115 Å². The Labute approximate surface area is 415 Å². The van der Waals surface area contributed by atoms with E-state index in [0.29, 0.717) is 6.42 Å². The molecule has 0 aromatic rings. The minimum Gasteiger partial charge on any atom is -0.391 e. The monoisotopic (exact) mass is 1020 g/mol. The Balaban J connectivity index is 2.37. The van der Waals surface area contributed by atoms with E-state index in [9.17, 15) is 53.1 Å². The molecule has 0 spiro atoms. The van der Waals surface area contributed by atoms with Crippen LogP contribution in [0.4, 0.5) is 0 Å². The van der Waals surface area contributed by atoms with E-state index in [1.54, 1.807) is 13.8 Å². The molecule has 404 valence electrons. The van der Waals surface area contributed by atoms with E-state index >= 15 is 0 Å². The van der Waals surface area contributed by atoms with Gasteiger partial charge in [-0.05, 0) is 63.2 Å². The molecule has 31 heteroatoms. The molecule has 10 amide bonds. The molecule has 1 aliphatic carbocycles. The predicted molar refractivity (Wildman–Crippen MR) is 260 cm³/mol. The topological polar surface area (TPSA) is 550 Å². The summed E-state index contributed by atoms with van der Waals surface area (Å²) in [4.78, 5) is 145. The number of nitrogens with zero attached hydrogens (tertiary/aromatic N) is 4. The Morgan fingerprint density at radius 1 is 0.653 bits per heavy atom. The van der Waals surface area contributed by atoms with Gasteiger partial charge in [0.25, 0.3) is 0 Å². The summed E-state index contributed by atoms with van der Waals surface area (Å²) < 4.78 is 0. The average molecular weight is 1020 g/mol. The number of piperidine rings is 1. The van der Waals surface area contributed by atoms with Crippen molar-refractivity contribution in [1.29, 1.82) is 0 Å². The quantitative estimate of drug-likeness (QED) is 0.0174. The fraction of sp³-hybridized carbons (Fsp3) is 0.683. The molecule has 1 aliphatic heterocycles. The molecule has 2 rings (SSSR count). The maximum atomic E-state index is 14.4. The van der Waals surface area contributed by atoms with Gasteiger partial charge in [0, 0.05) is 26.2 Å². The maximum absolute atomic E-state index is 14.4. The lowest BCUT2D eigenvalue weighted by molar-refractivity contribution is -0.142. The van der Waals surface area contributed by atoms with Crippen molar-refractivity contribution in [2.75, 3.05) is 39.3 Å². The fourth-order valence-electron chi connectivity index (χ4n) is 7.95. The number of aliphatic hydroxyl groups excluding tert-OH is 1. The Bertz CT molecular complexity index is 2060. The summed E-state index contributed by atoms with van der Waals surface area (Å²) >= 11 is 0. The number of hydrogen-bond donors (Lipinski definition) is 17. The van der Waals surface area contributed by atoms with Gasteiger partial charge in [0.1, 0.15) is 42.3 Å². The Morgan fingerprint density at radius 2 is 1.18 bits per heavy atom. The average Bonchev–Trinajstić information content (AvgIpc) is 3.82. The summed E-state index contributed by atoms with van der Waals surface area (Å²) in [5.41, 5.74) is 49.1. The normalized spacial score (nSPS) is 19.8. The highest BCUT2D eigenvalue weighted by Crippen LogP contribution is 2.55. The van der Waals surface area contributed by atoms with Gasteiger partial charge in [-0.25, -0.2) is 0 Å². The number of aliphatic hydroxyl groups is 1. The van der Waals surface area contributed by atoms with Crippen molar-refractivity contribution in [3.8, 4) is 0 Å². The van der Waals surface area contributed by atoms with Crippen LogP contribution in [-0.2, 0) is 47.9 Å². The smallest absolute Gasteiger partial charge is 0.245 e. The van der Waals surface area contributed by atoms with Gasteiger partial charge in [-0.1, -0.05) is 20.3 Å². The lowest BCUT2D eigenvalue weighted by Crippen LogP contribution is -2.60. The molecule has 31 nitrogen and oxygen atoms in total. The number of fused-ring (bicyclic) bond motifs is 1. The third-order valence-corrected chi connectivity index (χ3v) is 12.0. The van der Waals surface area contributed by atoms with Crippen LogP contribution in [-0.4, -0.2) is 175 Å². The van der Waals surface area contributed by atoms with Gasteiger partial charge < -0.3 is 98.8 Å². The maximum Gasteiger partial charge on any atom is 0.245 e. The van der Waals surface area contributed by atoms with Gasteiger partial charge in [-0.3, -0.25) is 62.9 Å². The number of nitrogens with one attached hydrogen (secondary N) is 7. The highest BCUT2D eigenvalue weighted by atomic mass is 16.3. The summed E-state index contributed by atoms with van der Waals surface area (Å²) in [5.74, 6) is -11.0. The van der Waals surface area contributed by atoms with E-state index in [4.69, 9.17) is 51.6 Å². The molecule has 1 saturated carbocycles. The van der Waals surface area contributed by atoms with Crippen molar-refractivity contribution in [1.82, 2.24) is 42.1 Å². The van der Waals surface area contributed by atoms with Crippen molar-refractivity contribution >= 4 is 77.0 Å². The third-order valence-electron chi connectivity index (χ3n) is 12.0. The molecule has 0 aromatic heterocycles. The van der Waals surface area contributed by atoms with Crippen LogP contribution in [0.25, 0.3) is 0 Å². The van der Waals surface area contributed by atoms with Crippen molar-refractivity contribution in [3.05, 3.63) is 0 Å². The van der Waals surface area contributed by atoms with Crippen LogP contribution < -0.4 is 88.8 Å². The number of primary amides is 2. The zero-order valence-electron chi connectivity index (χ0n) is 40.9. The van der Waals surface area contributed by atoms with Crippen molar-refractivity contribution < 1.29 is 53.1 Å². The van der Waals surface area contributed by atoms with Gasteiger partial charge in [0.2, 0.25) is 59.1 Å². The molecule has 26 N–H and O–H groups in total. The summed E-state index contributed by atoms with van der Waals surface area (Å²) in [7, 11) is 0. The van der Waals surface area contributed by atoms with Crippen LogP contribution in [0.2, 0.25) is 0 Å². The molecule has 72 heavy (non-hydrogen) atoms. The van der Waals surface area contributed by atoms with Gasteiger partial charge >= 0.3 is 0 Å². The molecule has 0 bridgehead atoms. The number of nitrogens with two attached hydrogens (primary N) is 9. The van der Waals surface area contributed by atoms with Crippen molar-refractivity contribution in [2.24, 2.45) is 90.3 Å². The highest BCUT2D eigenvalue weighted by Gasteiger charge is 2.64. The second-order valence-corrected chi connectivity index (χ2v) is 17.6. The van der Waals surface area contributed by atoms with Crippen LogP contribution in [0.5, 0.6) is 0 Å². The molecule has 1 saturated heterocycles. The van der Waals surface area contributed by atoms with Crippen LogP contribution in [0, 0.1) is 23.7 Å². The molecule has 0 unspecified atom stereocenters. The van der Waals surface area contributed by atoms with E-state index in [0.717, 1.165) is 0 Å². The Morgan fingerprint density at radius 3 is 1.68 bits per heavy atom. The molecule has 2 fully saturated rings. The van der Waals surface area contributed by atoms with Gasteiger partial charge in [0.05, 0.1) is 25.6 Å². The number of carbonyl (C=O) groups is 10. The summed E-state index contributed by atoms with van der Waals surface area (Å²) in [6.45, 7) is 4.91. The van der Waals surface area contributed by atoms with Crippen LogP contribution in [0.15, 0.2) is 15.0 Å². The largest absolute Gasteiger partial charge is 0.391 e. The van der Waals surface area contributed by atoms with Gasteiger partial charge in [-0.2, -0.15) is 0 Å². The first-order valence-electron chi connectivity index (χ1n) is 23.2. The number of aliphatic imine (C=N–C) groups is 3. The first kappa shape index (κ1) is 60.6. The highest BCUT2D eigenvalue weighted by molar-refractivity contribution is 5.99. The molecule has 0 radical (unpaired) electrons. The van der Waals surface area contributed by atoms with Gasteiger partial charge in [0.15, 0.2) is 17.9 Å². The number of rotatable bonds is 31. The van der Waals surface area contributed by atoms with E-state index in [-0.39, 0.29) is 87.5 Å². The number of likely N-dealkylation sites (tertiary alicyclic amines) is 1. The van der Waals surface area contributed by atoms with Crippen molar-refractivity contribution in [3.63, 3.8) is 0 Å². The van der Waals surface area contributed by atoms with E-state index < -0.39 is 133 Å².